The van der Waals surface area contributed by atoms with E-state index in [1.807, 2.05) is 34.6 Å². The highest BCUT2D eigenvalue weighted by molar-refractivity contribution is 5.90. The van der Waals surface area contributed by atoms with Crippen LogP contribution in [0.1, 0.15) is 65.6 Å². The van der Waals surface area contributed by atoms with Crippen LogP contribution in [0.4, 0.5) is 0 Å². The van der Waals surface area contributed by atoms with Gasteiger partial charge in [-0.1, -0.05) is 26.0 Å². The number of aliphatic hydroxyl groups is 1. The highest BCUT2D eigenvalue weighted by Crippen LogP contribution is 2.35. The molecular weight excluding hydrogens is 400 g/mol. The highest BCUT2D eigenvalue weighted by atomic mass is 16.3. The maximum absolute atomic E-state index is 13.6. The summed E-state index contributed by atoms with van der Waals surface area (Å²) in [4.78, 5) is 39.5. The minimum Gasteiger partial charge on any atom is -0.391 e. The zero-order valence-corrected chi connectivity index (χ0v) is 19.2. The number of nitrogens with one attached hydrogen (secondary N) is 2. The topological polar surface area (TPSA) is 129 Å². The molecule has 3 rings (SSSR count). The predicted molar refractivity (Wildman–Crippen MR) is 113 cm³/mol. The Kier molecular flexibility index (Phi) is 6.14. The first-order valence-electron chi connectivity index (χ1n) is 10.8. The smallest absolute Gasteiger partial charge is 0.248 e. The number of amides is 3. The number of β-amino-alcohol motifs (C(OH)–C–C–N with tert-alkyl or cyclic N) is 1. The molecule has 10 nitrogen and oxygen atoms in total. The number of hydrogen-bond donors (Lipinski definition) is 3. The molecule has 172 valence electrons. The van der Waals surface area contributed by atoms with Gasteiger partial charge in [-0.15, -0.1) is 5.10 Å². The first-order valence-corrected chi connectivity index (χ1v) is 10.8. The van der Waals surface area contributed by atoms with Gasteiger partial charge in [0, 0.05) is 25.9 Å². The first-order chi connectivity index (χ1) is 14.3. The monoisotopic (exact) mass is 434 g/mol. The molecule has 0 spiro atoms. The van der Waals surface area contributed by atoms with E-state index in [-0.39, 0.29) is 36.6 Å². The molecule has 1 saturated heterocycles. The van der Waals surface area contributed by atoms with Crippen molar-refractivity contribution in [3.05, 3.63) is 11.9 Å². The number of carbonyl (C=O) groups excluding carboxylic acids is 3. The van der Waals surface area contributed by atoms with Crippen molar-refractivity contribution in [2.24, 2.45) is 11.3 Å². The standard InChI is InChI=1S/C21H34N6O4/c1-20(2,3)16(19(31)26-10-13(28)9-14(26)18(30)22-6)27-11-15(24-25-27)21(4,5)23-17(29)12-7-8-12/h11-14,16,28H,7-10H2,1-6H3,(H,22,30)(H,23,29)/t13-,14+,16-/m1/s1. The number of aromatic nitrogens is 3. The van der Waals surface area contributed by atoms with Gasteiger partial charge in [0.2, 0.25) is 17.7 Å². The van der Waals surface area contributed by atoms with Gasteiger partial charge in [0.25, 0.3) is 0 Å². The van der Waals surface area contributed by atoms with E-state index in [0.717, 1.165) is 12.8 Å². The molecule has 0 bridgehead atoms. The fraction of sp³-hybridized carbons (Fsp3) is 0.762. The summed E-state index contributed by atoms with van der Waals surface area (Å²) in [6.07, 6.45) is 2.94. The highest BCUT2D eigenvalue weighted by Gasteiger charge is 2.45. The number of carbonyl (C=O) groups is 3. The van der Waals surface area contributed by atoms with Gasteiger partial charge in [-0.05, 0) is 32.1 Å². The summed E-state index contributed by atoms with van der Waals surface area (Å²) in [5.41, 5.74) is -0.727. The number of rotatable bonds is 6. The molecule has 3 N–H and O–H groups in total. The summed E-state index contributed by atoms with van der Waals surface area (Å²) in [6.45, 7) is 9.55. The molecule has 1 aromatic heterocycles. The number of likely N-dealkylation sites (tertiary alicyclic amines) is 1. The molecule has 31 heavy (non-hydrogen) atoms. The van der Waals surface area contributed by atoms with E-state index in [4.69, 9.17) is 0 Å². The van der Waals surface area contributed by atoms with Crippen molar-refractivity contribution in [3.63, 3.8) is 0 Å². The lowest BCUT2D eigenvalue weighted by Crippen LogP contribution is -2.49. The maximum Gasteiger partial charge on any atom is 0.248 e. The largest absolute Gasteiger partial charge is 0.391 e. The summed E-state index contributed by atoms with van der Waals surface area (Å²) in [7, 11) is 1.51. The molecule has 3 amide bonds. The van der Waals surface area contributed by atoms with Crippen LogP contribution in [-0.4, -0.2) is 68.5 Å². The van der Waals surface area contributed by atoms with Gasteiger partial charge in [0.05, 0.1) is 17.8 Å². The lowest BCUT2D eigenvalue weighted by molar-refractivity contribution is -0.144. The van der Waals surface area contributed by atoms with Gasteiger partial charge in [0.15, 0.2) is 0 Å². The van der Waals surface area contributed by atoms with Crippen LogP contribution >= 0.6 is 0 Å². The number of likely N-dealkylation sites (N-methyl/N-ethyl adjacent to an activating group) is 1. The SMILES string of the molecule is CNC(=O)[C@@H]1C[C@@H](O)CN1C(=O)[C@@H](n1cc(C(C)(C)NC(=O)C2CC2)nn1)C(C)(C)C. The Labute approximate surface area is 182 Å². The van der Waals surface area contributed by atoms with Crippen LogP contribution in [0.5, 0.6) is 0 Å². The van der Waals surface area contributed by atoms with Gasteiger partial charge in [0.1, 0.15) is 17.8 Å². The molecule has 0 unspecified atom stereocenters. The van der Waals surface area contributed by atoms with E-state index in [1.54, 1.807) is 6.20 Å². The number of nitrogens with zero attached hydrogens (tertiary/aromatic N) is 4. The zero-order chi connectivity index (χ0) is 23.1. The van der Waals surface area contributed by atoms with Crippen molar-refractivity contribution >= 4 is 17.7 Å². The third-order valence-electron chi connectivity index (χ3n) is 5.96. The average molecular weight is 435 g/mol. The van der Waals surface area contributed by atoms with Crippen molar-refractivity contribution in [1.82, 2.24) is 30.5 Å². The second-order valence-corrected chi connectivity index (χ2v) is 10.3. The van der Waals surface area contributed by atoms with Crippen LogP contribution in [0.15, 0.2) is 6.20 Å². The Morgan fingerprint density at radius 2 is 1.81 bits per heavy atom. The third kappa shape index (κ3) is 4.89. The van der Waals surface area contributed by atoms with E-state index in [2.05, 4.69) is 20.9 Å². The molecule has 1 aromatic rings. The summed E-state index contributed by atoms with van der Waals surface area (Å²) in [5.74, 6) is -0.529. The lowest BCUT2D eigenvalue weighted by atomic mass is 9.85. The quantitative estimate of drug-likeness (QED) is 0.592. The second kappa shape index (κ2) is 8.22. The van der Waals surface area contributed by atoms with Gasteiger partial charge in [-0.3, -0.25) is 14.4 Å². The summed E-state index contributed by atoms with van der Waals surface area (Å²) >= 11 is 0. The molecule has 1 saturated carbocycles. The summed E-state index contributed by atoms with van der Waals surface area (Å²) in [6, 6.07) is -1.46. The lowest BCUT2D eigenvalue weighted by Gasteiger charge is -2.34. The normalized spacial score (nSPS) is 22.9. The molecule has 0 aromatic carbocycles. The van der Waals surface area contributed by atoms with E-state index in [0.29, 0.717) is 5.69 Å². The average Bonchev–Trinajstić information content (AvgIpc) is 3.28. The maximum atomic E-state index is 13.6. The van der Waals surface area contributed by atoms with Gasteiger partial charge < -0.3 is 20.6 Å². The Balaban J connectivity index is 1.87. The van der Waals surface area contributed by atoms with Crippen molar-refractivity contribution in [1.29, 1.82) is 0 Å². The van der Waals surface area contributed by atoms with Crippen LogP contribution in [0.2, 0.25) is 0 Å². The Bertz CT molecular complexity index is 854. The Hall–Kier alpha value is -2.49. The molecule has 1 aliphatic heterocycles. The van der Waals surface area contributed by atoms with E-state index < -0.39 is 29.1 Å². The van der Waals surface area contributed by atoms with Crippen molar-refractivity contribution < 1.29 is 19.5 Å². The third-order valence-corrected chi connectivity index (χ3v) is 5.96. The molecule has 3 atom stereocenters. The predicted octanol–water partition coefficient (Wildman–Crippen LogP) is 0.334. The van der Waals surface area contributed by atoms with Crippen LogP contribution in [0, 0.1) is 11.3 Å². The minimum atomic E-state index is -0.755. The van der Waals surface area contributed by atoms with Crippen LogP contribution in [-0.2, 0) is 19.9 Å². The minimum absolute atomic E-state index is 0.00229. The zero-order valence-electron chi connectivity index (χ0n) is 19.2. The molecule has 2 fully saturated rings. The van der Waals surface area contributed by atoms with Crippen molar-refractivity contribution in [3.8, 4) is 0 Å². The van der Waals surface area contributed by atoms with Crippen molar-refractivity contribution in [2.75, 3.05) is 13.6 Å². The molecule has 2 heterocycles. The molecule has 2 aliphatic rings. The Morgan fingerprint density at radius 3 is 2.35 bits per heavy atom. The van der Waals surface area contributed by atoms with Gasteiger partial charge in [-0.25, -0.2) is 4.68 Å². The molecule has 0 radical (unpaired) electrons. The van der Waals surface area contributed by atoms with Crippen LogP contribution in [0.3, 0.4) is 0 Å². The van der Waals surface area contributed by atoms with Gasteiger partial charge >= 0.3 is 0 Å². The number of aliphatic hydroxyl groups excluding tert-OH is 1. The van der Waals surface area contributed by atoms with Gasteiger partial charge in [-0.2, -0.15) is 0 Å². The fourth-order valence-corrected chi connectivity index (χ4v) is 4.02. The summed E-state index contributed by atoms with van der Waals surface area (Å²) in [5, 5.41) is 24.2. The van der Waals surface area contributed by atoms with Crippen LogP contribution in [0.25, 0.3) is 0 Å². The molecule has 10 heteroatoms. The first kappa shape index (κ1) is 23.2. The van der Waals surface area contributed by atoms with Crippen LogP contribution < -0.4 is 10.6 Å². The molecular formula is C21H34N6O4. The number of hydrogen-bond acceptors (Lipinski definition) is 6. The van der Waals surface area contributed by atoms with E-state index in [9.17, 15) is 19.5 Å². The molecule has 1 aliphatic carbocycles. The van der Waals surface area contributed by atoms with E-state index in [1.165, 1.54) is 16.6 Å². The summed E-state index contributed by atoms with van der Waals surface area (Å²) < 4.78 is 1.51. The Morgan fingerprint density at radius 1 is 1.16 bits per heavy atom. The second-order valence-electron chi connectivity index (χ2n) is 10.3. The van der Waals surface area contributed by atoms with E-state index >= 15 is 0 Å². The fourth-order valence-electron chi connectivity index (χ4n) is 4.02. The van der Waals surface area contributed by atoms with Crippen molar-refractivity contribution in [2.45, 2.75) is 77.6 Å².